The van der Waals surface area contributed by atoms with E-state index in [9.17, 15) is 9.90 Å². The molecule has 8 unspecified atom stereocenters. The second-order valence-electron chi connectivity index (χ2n) is 16.0. The second kappa shape index (κ2) is 10.1. The van der Waals surface area contributed by atoms with Crippen LogP contribution in [0.2, 0.25) is 0 Å². The van der Waals surface area contributed by atoms with E-state index < -0.39 is 0 Å². The molecule has 40 heavy (non-hydrogen) atoms. The summed E-state index contributed by atoms with van der Waals surface area (Å²) in [6.45, 7) is 9.76. The fourth-order valence-corrected chi connectivity index (χ4v) is 12.0. The maximum atomic E-state index is 11.7. The summed E-state index contributed by atoms with van der Waals surface area (Å²) >= 11 is 0. The van der Waals surface area contributed by atoms with Crippen LogP contribution in [0.5, 0.6) is 0 Å². The summed E-state index contributed by atoms with van der Waals surface area (Å²) in [7, 11) is 0. The maximum absolute atomic E-state index is 11.7. The first-order chi connectivity index (χ1) is 19.2. The lowest BCUT2D eigenvalue weighted by Crippen LogP contribution is -2.45. The van der Waals surface area contributed by atoms with Crippen molar-refractivity contribution in [3.05, 3.63) is 46.6 Å². The van der Waals surface area contributed by atoms with Gasteiger partial charge in [0.15, 0.2) is 5.78 Å². The quantitative estimate of drug-likeness (QED) is 0.310. The first-order valence-corrected chi connectivity index (χ1v) is 17.1. The fraction of sp³-hybridized carbons (Fsp3) is 0.763. The van der Waals surface area contributed by atoms with Gasteiger partial charge in [0, 0.05) is 6.42 Å². The summed E-state index contributed by atoms with van der Waals surface area (Å²) in [4.78, 5) is 11.7. The molecular formula is C38H54O2. The van der Waals surface area contributed by atoms with Crippen LogP contribution in [0, 0.1) is 58.2 Å². The van der Waals surface area contributed by atoms with E-state index in [-0.39, 0.29) is 6.10 Å². The van der Waals surface area contributed by atoms with Gasteiger partial charge in [-0.15, -0.1) is 0 Å². The van der Waals surface area contributed by atoms with Crippen LogP contribution >= 0.6 is 0 Å². The van der Waals surface area contributed by atoms with Gasteiger partial charge in [-0.1, -0.05) is 54.4 Å². The Hall–Kier alpha value is -1.41. The fourth-order valence-electron chi connectivity index (χ4n) is 12.0. The zero-order valence-electron chi connectivity index (χ0n) is 25.8. The van der Waals surface area contributed by atoms with E-state index in [0.29, 0.717) is 16.6 Å². The van der Waals surface area contributed by atoms with Crippen LogP contribution in [0.3, 0.4) is 0 Å². The maximum Gasteiger partial charge on any atom is 0.155 e. The SMILES string of the molecule is CC1=CCC2C3CC=C4C[C@@H](O)CCC4C3CC[C@]12C.CC1=CCC2C3CCC4=CC(=O)CCC4C3CC[C@]12C. The summed E-state index contributed by atoms with van der Waals surface area (Å²) in [6, 6.07) is 0. The lowest BCUT2D eigenvalue weighted by Gasteiger charge is -2.53. The summed E-state index contributed by atoms with van der Waals surface area (Å²) in [5, 5.41) is 9.92. The number of fused-ring (bicyclic) bond motifs is 10. The van der Waals surface area contributed by atoms with Crippen molar-refractivity contribution in [3.8, 4) is 0 Å². The van der Waals surface area contributed by atoms with E-state index in [1.165, 1.54) is 69.8 Å². The van der Waals surface area contributed by atoms with Crippen molar-refractivity contribution in [2.45, 2.75) is 124 Å². The van der Waals surface area contributed by atoms with Gasteiger partial charge in [0.1, 0.15) is 0 Å². The highest BCUT2D eigenvalue weighted by Crippen LogP contribution is 2.63. The van der Waals surface area contributed by atoms with Crippen LogP contribution in [-0.4, -0.2) is 17.0 Å². The van der Waals surface area contributed by atoms with Crippen molar-refractivity contribution in [2.24, 2.45) is 58.2 Å². The zero-order chi connectivity index (χ0) is 27.8. The molecular weight excluding hydrogens is 488 g/mol. The van der Waals surface area contributed by atoms with Crippen LogP contribution in [0.25, 0.3) is 0 Å². The Bertz CT molecular complexity index is 1170. The monoisotopic (exact) mass is 542 g/mol. The molecule has 8 rings (SSSR count). The average molecular weight is 543 g/mol. The van der Waals surface area contributed by atoms with Gasteiger partial charge in [-0.25, -0.2) is 0 Å². The standard InChI is InChI=1S/C19H28O.C19H26O/c2*1-12-3-8-18-17-6-4-13-11-14(20)5-7-15(13)16(17)9-10-19(12,18)2/h3-4,14-18,20H,5-11H2,1-2H3;3,11,15-18H,4-10H2,1-2H3/t14-,15?,16?,17?,18?,19+;15?,16?,17?,18?,19-/m01/s1. The highest BCUT2D eigenvalue weighted by Gasteiger charge is 2.53. The van der Waals surface area contributed by atoms with Crippen molar-refractivity contribution in [3.63, 3.8) is 0 Å². The lowest BCUT2D eigenvalue weighted by atomic mass is 9.51. The van der Waals surface area contributed by atoms with Gasteiger partial charge in [-0.3, -0.25) is 4.79 Å². The zero-order valence-corrected chi connectivity index (χ0v) is 25.8. The summed E-state index contributed by atoms with van der Waals surface area (Å²) < 4.78 is 0. The molecule has 2 heteroatoms. The van der Waals surface area contributed by atoms with Crippen molar-refractivity contribution >= 4 is 5.78 Å². The van der Waals surface area contributed by atoms with Crippen LogP contribution in [0.1, 0.15) is 118 Å². The highest BCUT2D eigenvalue weighted by atomic mass is 16.3. The molecule has 4 fully saturated rings. The molecule has 0 aromatic carbocycles. The van der Waals surface area contributed by atoms with E-state index in [1.807, 2.05) is 6.08 Å². The molecule has 0 amide bonds. The van der Waals surface area contributed by atoms with Crippen molar-refractivity contribution in [1.82, 2.24) is 0 Å². The van der Waals surface area contributed by atoms with E-state index in [2.05, 4.69) is 45.9 Å². The van der Waals surface area contributed by atoms with Gasteiger partial charge < -0.3 is 5.11 Å². The Kier molecular flexibility index (Phi) is 6.92. The molecule has 0 heterocycles. The molecule has 0 aliphatic heterocycles. The van der Waals surface area contributed by atoms with E-state index >= 15 is 0 Å². The van der Waals surface area contributed by atoms with Gasteiger partial charge >= 0.3 is 0 Å². The third-order valence-corrected chi connectivity index (χ3v) is 14.7. The molecule has 218 valence electrons. The molecule has 0 aromatic rings. The molecule has 0 spiro atoms. The Morgan fingerprint density at radius 1 is 0.675 bits per heavy atom. The van der Waals surface area contributed by atoms with Crippen molar-refractivity contribution in [1.29, 1.82) is 0 Å². The van der Waals surface area contributed by atoms with Crippen LogP contribution in [0.15, 0.2) is 46.6 Å². The molecule has 4 saturated carbocycles. The van der Waals surface area contributed by atoms with Crippen LogP contribution in [-0.2, 0) is 4.79 Å². The first-order valence-electron chi connectivity index (χ1n) is 17.1. The highest BCUT2D eigenvalue weighted by molar-refractivity contribution is 5.91. The number of carbonyl (C=O) groups is 1. The number of allylic oxidation sites excluding steroid dienone is 7. The van der Waals surface area contributed by atoms with Gasteiger partial charge in [0.2, 0.25) is 0 Å². The molecule has 0 aromatic heterocycles. The molecule has 8 aliphatic carbocycles. The normalized spacial score (nSPS) is 48.8. The predicted molar refractivity (Wildman–Crippen MR) is 163 cm³/mol. The summed E-state index contributed by atoms with van der Waals surface area (Å²) in [5.74, 6) is 7.34. The molecule has 0 saturated heterocycles. The molecule has 2 nitrogen and oxygen atoms in total. The Balaban J connectivity index is 0.000000132. The number of aliphatic hydroxyl groups is 1. The van der Waals surface area contributed by atoms with Gasteiger partial charge in [-0.2, -0.15) is 0 Å². The van der Waals surface area contributed by atoms with Gasteiger partial charge in [0.25, 0.3) is 0 Å². The van der Waals surface area contributed by atoms with Crippen molar-refractivity contribution in [2.75, 3.05) is 0 Å². The lowest BCUT2D eigenvalue weighted by molar-refractivity contribution is -0.116. The molecule has 1 N–H and O–H groups in total. The van der Waals surface area contributed by atoms with E-state index in [0.717, 1.165) is 73.0 Å². The minimum absolute atomic E-state index is 0.0571. The average Bonchev–Trinajstić information content (AvgIpc) is 3.43. The number of hydrogen-bond acceptors (Lipinski definition) is 2. The number of carbonyl (C=O) groups excluding carboxylic acids is 1. The Morgan fingerprint density at radius 2 is 1.30 bits per heavy atom. The Morgan fingerprint density at radius 3 is 2.00 bits per heavy atom. The van der Waals surface area contributed by atoms with Crippen LogP contribution in [0.4, 0.5) is 0 Å². The summed E-state index contributed by atoms with van der Waals surface area (Å²) in [5.41, 5.74) is 7.43. The number of hydrogen-bond donors (Lipinski definition) is 1. The third-order valence-electron chi connectivity index (χ3n) is 14.7. The minimum Gasteiger partial charge on any atom is -0.393 e. The minimum atomic E-state index is -0.0571. The third kappa shape index (κ3) is 4.24. The first kappa shape index (κ1) is 27.4. The van der Waals surface area contributed by atoms with E-state index in [4.69, 9.17) is 0 Å². The molecule has 11 atom stereocenters. The van der Waals surface area contributed by atoms with E-state index in [1.54, 1.807) is 16.7 Å². The van der Waals surface area contributed by atoms with Gasteiger partial charge in [-0.05, 0) is 162 Å². The number of aliphatic hydroxyl groups excluding tert-OH is 1. The molecule has 8 aliphatic rings. The number of rotatable bonds is 0. The molecule has 0 bridgehead atoms. The predicted octanol–water partition coefficient (Wildman–Crippen LogP) is 9.16. The number of ketones is 1. The largest absolute Gasteiger partial charge is 0.393 e. The Labute approximate surface area is 243 Å². The molecule has 0 radical (unpaired) electrons. The van der Waals surface area contributed by atoms with Crippen LogP contribution < -0.4 is 0 Å². The topological polar surface area (TPSA) is 37.3 Å². The summed E-state index contributed by atoms with van der Waals surface area (Å²) in [6.07, 6.45) is 26.7. The van der Waals surface area contributed by atoms with Crippen molar-refractivity contribution < 1.29 is 9.90 Å². The smallest absolute Gasteiger partial charge is 0.155 e. The second-order valence-corrected chi connectivity index (χ2v) is 16.0. The van der Waals surface area contributed by atoms with Gasteiger partial charge in [0.05, 0.1) is 6.10 Å².